The zero-order valence-corrected chi connectivity index (χ0v) is 11.6. The second kappa shape index (κ2) is 4.96. The Labute approximate surface area is 126 Å². The van der Waals surface area contributed by atoms with Gasteiger partial charge in [-0.25, -0.2) is 9.97 Å². The third-order valence-electron chi connectivity index (χ3n) is 3.54. The van der Waals surface area contributed by atoms with Crippen molar-refractivity contribution in [3.63, 3.8) is 0 Å². The molecule has 0 aliphatic carbocycles. The number of H-pyrrole nitrogens is 1. The number of pyridine rings is 2. The van der Waals surface area contributed by atoms with E-state index in [2.05, 4.69) is 20.3 Å². The Morgan fingerprint density at radius 2 is 1.86 bits per heavy atom. The highest BCUT2D eigenvalue weighted by Crippen LogP contribution is 2.25. The first-order chi connectivity index (χ1) is 10.8. The molecule has 4 aromatic rings. The Bertz CT molecular complexity index is 976. The number of nitrogens with one attached hydrogen (secondary N) is 2. The summed E-state index contributed by atoms with van der Waals surface area (Å²) in [6.07, 6.45) is 3.39. The number of carbonyl (C=O) groups excluding carboxylic acids is 1. The molecule has 5 nitrogen and oxygen atoms in total. The van der Waals surface area contributed by atoms with Gasteiger partial charge in [-0.15, -0.1) is 0 Å². The number of rotatable bonds is 2. The van der Waals surface area contributed by atoms with Gasteiger partial charge in [0.25, 0.3) is 5.91 Å². The van der Waals surface area contributed by atoms with Crippen molar-refractivity contribution in [3.05, 3.63) is 66.5 Å². The van der Waals surface area contributed by atoms with Gasteiger partial charge in [-0.3, -0.25) is 4.79 Å². The Hall–Kier alpha value is -3.21. The molecule has 0 aliphatic rings. The van der Waals surface area contributed by atoms with Gasteiger partial charge in [0.15, 0.2) is 0 Å². The van der Waals surface area contributed by atoms with E-state index < -0.39 is 0 Å². The van der Waals surface area contributed by atoms with Crippen molar-refractivity contribution in [1.29, 1.82) is 0 Å². The van der Waals surface area contributed by atoms with E-state index in [0.29, 0.717) is 11.4 Å². The van der Waals surface area contributed by atoms with Crippen LogP contribution in [0, 0.1) is 0 Å². The monoisotopic (exact) mass is 288 g/mol. The minimum atomic E-state index is -0.182. The molecule has 3 heterocycles. The standard InChI is InChI=1S/C17H12N4O/c22-17(21-15-5-1-2-8-18-15)11-6-7-14-13(10-11)12-4-3-9-19-16(12)20-14/h1-10H,(H,19,20)(H,18,21,22). The van der Waals surface area contributed by atoms with Crippen molar-refractivity contribution in [2.75, 3.05) is 5.32 Å². The van der Waals surface area contributed by atoms with Crippen LogP contribution < -0.4 is 5.32 Å². The summed E-state index contributed by atoms with van der Waals surface area (Å²) >= 11 is 0. The summed E-state index contributed by atoms with van der Waals surface area (Å²) in [4.78, 5) is 24.0. The molecule has 0 atom stereocenters. The summed E-state index contributed by atoms with van der Waals surface area (Å²) in [6.45, 7) is 0. The Kier molecular flexibility index (Phi) is 2.83. The van der Waals surface area contributed by atoms with E-state index in [4.69, 9.17) is 0 Å². The molecule has 1 aromatic carbocycles. The molecule has 0 bridgehead atoms. The molecular weight excluding hydrogens is 276 g/mol. The van der Waals surface area contributed by atoms with Crippen LogP contribution in [0.1, 0.15) is 10.4 Å². The fourth-order valence-electron chi connectivity index (χ4n) is 2.49. The number of aromatic nitrogens is 3. The fourth-order valence-corrected chi connectivity index (χ4v) is 2.49. The average molecular weight is 288 g/mol. The highest BCUT2D eigenvalue weighted by Gasteiger charge is 2.10. The fraction of sp³-hybridized carbons (Fsp3) is 0. The molecule has 1 amide bonds. The summed E-state index contributed by atoms with van der Waals surface area (Å²) in [5.74, 6) is 0.354. The van der Waals surface area contributed by atoms with Gasteiger partial charge in [0, 0.05) is 34.2 Å². The average Bonchev–Trinajstić information content (AvgIpc) is 2.93. The molecular formula is C17H12N4O. The lowest BCUT2D eigenvalue weighted by atomic mass is 10.1. The molecule has 2 N–H and O–H groups in total. The number of hydrogen-bond acceptors (Lipinski definition) is 3. The number of amides is 1. The van der Waals surface area contributed by atoms with Gasteiger partial charge in [0.2, 0.25) is 0 Å². The van der Waals surface area contributed by atoms with Crippen molar-refractivity contribution < 1.29 is 4.79 Å². The van der Waals surface area contributed by atoms with E-state index in [9.17, 15) is 4.79 Å². The van der Waals surface area contributed by atoms with Crippen molar-refractivity contribution in [3.8, 4) is 0 Å². The molecule has 4 rings (SSSR count). The lowest BCUT2D eigenvalue weighted by Gasteiger charge is -2.04. The molecule has 106 valence electrons. The van der Waals surface area contributed by atoms with Crippen molar-refractivity contribution in [2.45, 2.75) is 0 Å². The highest BCUT2D eigenvalue weighted by molar-refractivity contribution is 6.11. The number of fused-ring (bicyclic) bond motifs is 3. The maximum atomic E-state index is 12.3. The quantitative estimate of drug-likeness (QED) is 0.594. The Morgan fingerprint density at radius 3 is 2.73 bits per heavy atom. The van der Waals surface area contributed by atoms with E-state index >= 15 is 0 Å². The van der Waals surface area contributed by atoms with Gasteiger partial charge in [-0.1, -0.05) is 6.07 Å². The first-order valence-corrected chi connectivity index (χ1v) is 6.90. The summed E-state index contributed by atoms with van der Waals surface area (Å²) in [5.41, 5.74) is 2.37. The van der Waals surface area contributed by atoms with Crippen LogP contribution in [0.3, 0.4) is 0 Å². The van der Waals surface area contributed by atoms with Gasteiger partial charge >= 0.3 is 0 Å². The molecule has 0 unspecified atom stereocenters. The molecule has 22 heavy (non-hydrogen) atoms. The SMILES string of the molecule is O=C(Nc1ccccn1)c1ccc2[nH]c3ncccc3c2c1. The van der Waals surface area contributed by atoms with Crippen molar-refractivity contribution >= 4 is 33.7 Å². The van der Waals surface area contributed by atoms with Crippen LogP contribution in [0.4, 0.5) is 5.82 Å². The number of aromatic amines is 1. The predicted molar refractivity (Wildman–Crippen MR) is 85.8 cm³/mol. The van der Waals surface area contributed by atoms with Crippen LogP contribution >= 0.6 is 0 Å². The minimum absolute atomic E-state index is 0.182. The Morgan fingerprint density at radius 1 is 0.955 bits per heavy atom. The van der Waals surface area contributed by atoms with Gasteiger partial charge in [-0.05, 0) is 42.5 Å². The second-order valence-corrected chi connectivity index (χ2v) is 4.95. The molecule has 0 saturated heterocycles. The van der Waals surface area contributed by atoms with Gasteiger partial charge in [-0.2, -0.15) is 0 Å². The summed E-state index contributed by atoms with van der Waals surface area (Å²) in [7, 11) is 0. The van der Waals surface area contributed by atoms with Gasteiger partial charge in [0.1, 0.15) is 11.5 Å². The number of carbonyl (C=O) groups is 1. The molecule has 0 spiro atoms. The molecule has 0 saturated carbocycles. The predicted octanol–water partition coefficient (Wildman–Crippen LogP) is 3.36. The first kappa shape index (κ1) is 12.5. The van der Waals surface area contributed by atoms with E-state index in [1.54, 1.807) is 30.6 Å². The molecule has 5 heteroatoms. The summed E-state index contributed by atoms with van der Waals surface area (Å²) < 4.78 is 0. The van der Waals surface area contributed by atoms with Crippen LogP contribution in [0.25, 0.3) is 21.9 Å². The van der Waals surface area contributed by atoms with Crippen LogP contribution in [-0.4, -0.2) is 20.9 Å². The number of nitrogens with zero attached hydrogens (tertiary/aromatic N) is 2. The third-order valence-corrected chi connectivity index (χ3v) is 3.54. The molecule has 3 aromatic heterocycles. The van der Waals surface area contributed by atoms with Crippen molar-refractivity contribution in [2.24, 2.45) is 0 Å². The van der Waals surface area contributed by atoms with E-state index in [1.807, 2.05) is 30.3 Å². The van der Waals surface area contributed by atoms with E-state index in [1.165, 1.54) is 0 Å². The normalized spacial score (nSPS) is 10.9. The Balaban J connectivity index is 1.75. The second-order valence-electron chi connectivity index (χ2n) is 4.95. The maximum absolute atomic E-state index is 12.3. The molecule has 0 fully saturated rings. The van der Waals surface area contributed by atoms with Gasteiger partial charge in [0.05, 0.1) is 0 Å². The van der Waals surface area contributed by atoms with Gasteiger partial charge < -0.3 is 10.3 Å². The van der Waals surface area contributed by atoms with Crippen LogP contribution in [0.2, 0.25) is 0 Å². The number of hydrogen-bond donors (Lipinski definition) is 2. The van der Waals surface area contributed by atoms with Crippen molar-refractivity contribution in [1.82, 2.24) is 15.0 Å². The summed E-state index contributed by atoms with van der Waals surface area (Å²) in [6, 6.07) is 14.8. The topological polar surface area (TPSA) is 70.7 Å². The minimum Gasteiger partial charge on any atom is -0.339 e. The van der Waals surface area contributed by atoms with E-state index in [-0.39, 0.29) is 5.91 Å². The zero-order chi connectivity index (χ0) is 14.9. The zero-order valence-electron chi connectivity index (χ0n) is 11.6. The molecule has 0 aliphatic heterocycles. The maximum Gasteiger partial charge on any atom is 0.256 e. The van der Waals surface area contributed by atoms with Crippen LogP contribution in [0.15, 0.2) is 60.9 Å². The largest absolute Gasteiger partial charge is 0.339 e. The summed E-state index contributed by atoms with van der Waals surface area (Å²) in [5, 5.41) is 4.78. The van der Waals surface area contributed by atoms with Crippen LogP contribution in [0.5, 0.6) is 0 Å². The van der Waals surface area contributed by atoms with Crippen LogP contribution in [-0.2, 0) is 0 Å². The lowest BCUT2D eigenvalue weighted by molar-refractivity contribution is 0.102. The first-order valence-electron chi connectivity index (χ1n) is 6.90. The molecule has 0 radical (unpaired) electrons. The number of benzene rings is 1. The lowest BCUT2D eigenvalue weighted by Crippen LogP contribution is -2.12. The third kappa shape index (κ3) is 2.09. The smallest absolute Gasteiger partial charge is 0.256 e. The highest BCUT2D eigenvalue weighted by atomic mass is 16.1. The van der Waals surface area contributed by atoms with E-state index in [0.717, 1.165) is 21.9 Å². The number of anilines is 1.